The van der Waals surface area contributed by atoms with Crippen LogP contribution in [0.1, 0.15) is 65.2 Å². The van der Waals surface area contributed by atoms with E-state index in [1.54, 1.807) is 6.08 Å². The number of carbonyl (C=O) groups is 1. The lowest BCUT2D eigenvalue weighted by molar-refractivity contribution is -0.104. The Hall–Kier alpha value is -0.850. The second-order valence-electron chi connectivity index (χ2n) is 4.35. The zero-order chi connectivity index (χ0) is 12.1. The second-order valence-corrected chi connectivity index (χ2v) is 4.35. The highest BCUT2D eigenvalue weighted by Gasteiger charge is 1.89. The molecule has 1 nitrogen and oxygen atoms in total. The minimum absolute atomic E-state index is 0.824. The molecule has 0 rings (SSSR count). The number of hydrogen-bond donors (Lipinski definition) is 0. The Bertz CT molecular complexity index is 213. The van der Waals surface area contributed by atoms with Crippen LogP contribution in [0.15, 0.2) is 23.8 Å². The van der Waals surface area contributed by atoms with Crippen molar-refractivity contribution < 1.29 is 4.79 Å². The molecule has 0 unspecified atom stereocenters. The molecule has 0 N–H and O–H groups in total. The van der Waals surface area contributed by atoms with Gasteiger partial charge < -0.3 is 0 Å². The maximum Gasteiger partial charge on any atom is 0.142 e. The van der Waals surface area contributed by atoms with Gasteiger partial charge in [-0.2, -0.15) is 0 Å². The average molecular weight is 222 g/mol. The molecule has 0 aliphatic heterocycles. The van der Waals surface area contributed by atoms with Crippen molar-refractivity contribution in [3.63, 3.8) is 0 Å². The van der Waals surface area contributed by atoms with Gasteiger partial charge in [-0.05, 0) is 25.8 Å². The summed E-state index contributed by atoms with van der Waals surface area (Å²) >= 11 is 0. The van der Waals surface area contributed by atoms with E-state index in [1.807, 2.05) is 13.0 Å². The average Bonchev–Trinajstić information content (AvgIpc) is 2.30. The third-order valence-corrected chi connectivity index (χ3v) is 2.71. The van der Waals surface area contributed by atoms with Crippen LogP contribution in [0.5, 0.6) is 0 Å². The minimum atomic E-state index is 0.824. The van der Waals surface area contributed by atoms with E-state index in [9.17, 15) is 4.79 Å². The number of rotatable bonds is 10. The van der Waals surface area contributed by atoms with Gasteiger partial charge in [-0.1, -0.05) is 63.2 Å². The van der Waals surface area contributed by atoms with Crippen molar-refractivity contribution in [2.75, 3.05) is 0 Å². The molecule has 0 amide bonds. The Morgan fingerprint density at radius 1 is 1.00 bits per heavy atom. The first-order valence-corrected chi connectivity index (χ1v) is 6.60. The molecular weight excluding hydrogens is 196 g/mol. The first kappa shape index (κ1) is 15.2. The van der Waals surface area contributed by atoms with E-state index in [-0.39, 0.29) is 0 Å². The third kappa shape index (κ3) is 11.2. The second kappa shape index (κ2) is 12.2. The highest BCUT2D eigenvalue weighted by molar-refractivity contribution is 5.65. The first-order chi connectivity index (χ1) is 7.81. The van der Waals surface area contributed by atoms with Crippen molar-refractivity contribution in [3.05, 3.63) is 23.8 Å². The summed E-state index contributed by atoms with van der Waals surface area (Å²) in [5.74, 6) is 0. The van der Waals surface area contributed by atoms with Crippen molar-refractivity contribution in [2.24, 2.45) is 0 Å². The van der Waals surface area contributed by atoms with Gasteiger partial charge in [0.15, 0.2) is 0 Å². The normalized spacial score (nSPS) is 12.2. The van der Waals surface area contributed by atoms with Gasteiger partial charge in [0.25, 0.3) is 0 Å². The molecule has 0 heterocycles. The van der Waals surface area contributed by atoms with Gasteiger partial charge in [-0.3, -0.25) is 4.79 Å². The molecule has 0 aliphatic rings. The van der Waals surface area contributed by atoms with E-state index in [2.05, 4.69) is 13.0 Å². The van der Waals surface area contributed by atoms with Crippen molar-refractivity contribution in [2.45, 2.75) is 65.2 Å². The number of carbonyl (C=O) groups excluding carboxylic acids is 1. The molecule has 0 fully saturated rings. The molecule has 0 spiro atoms. The topological polar surface area (TPSA) is 17.1 Å². The Balaban J connectivity index is 3.31. The maximum atomic E-state index is 10.1. The summed E-state index contributed by atoms with van der Waals surface area (Å²) in [6, 6.07) is 0. The lowest BCUT2D eigenvalue weighted by Crippen LogP contribution is -1.79. The fraction of sp³-hybridized carbons (Fsp3) is 0.667. The Labute approximate surface area is 101 Å². The van der Waals surface area contributed by atoms with Crippen LogP contribution in [0.2, 0.25) is 0 Å². The quantitative estimate of drug-likeness (QED) is 0.224. The smallest absolute Gasteiger partial charge is 0.142 e. The van der Waals surface area contributed by atoms with Gasteiger partial charge in [0, 0.05) is 0 Å². The Kier molecular flexibility index (Phi) is 11.6. The van der Waals surface area contributed by atoms with Gasteiger partial charge >= 0.3 is 0 Å². The van der Waals surface area contributed by atoms with Gasteiger partial charge in [0.2, 0.25) is 0 Å². The molecule has 0 saturated carbocycles. The largest absolute Gasteiger partial charge is 0.299 e. The zero-order valence-electron chi connectivity index (χ0n) is 10.9. The monoisotopic (exact) mass is 222 g/mol. The van der Waals surface area contributed by atoms with E-state index in [1.165, 1.54) is 50.5 Å². The van der Waals surface area contributed by atoms with Crippen LogP contribution in [-0.2, 0) is 4.79 Å². The number of hydrogen-bond acceptors (Lipinski definition) is 1. The summed E-state index contributed by atoms with van der Waals surface area (Å²) < 4.78 is 0. The van der Waals surface area contributed by atoms with E-state index in [0.29, 0.717) is 0 Å². The molecule has 16 heavy (non-hydrogen) atoms. The van der Waals surface area contributed by atoms with Crippen LogP contribution in [0.4, 0.5) is 0 Å². The summed E-state index contributed by atoms with van der Waals surface area (Å²) in [7, 11) is 0. The highest BCUT2D eigenvalue weighted by Crippen LogP contribution is 2.09. The molecule has 92 valence electrons. The van der Waals surface area contributed by atoms with Crippen molar-refractivity contribution in [1.82, 2.24) is 0 Å². The predicted molar refractivity (Wildman–Crippen MR) is 71.6 cm³/mol. The fourth-order valence-corrected chi connectivity index (χ4v) is 1.69. The molecule has 0 aromatic carbocycles. The van der Waals surface area contributed by atoms with E-state index >= 15 is 0 Å². The summed E-state index contributed by atoms with van der Waals surface area (Å²) in [6.07, 6.45) is 17.1. The van der Waals surface area contributed by atoms with Crippen LogP contribution in [0.25, 0.3) is 0 Å². The number of aldehydes is 1. The van der Waals surface area contributed by atoms with Gasteiger partial charge in [-0.25, -0.2) is 0 Å². The molecule has 1 heteroatoms. The molecule has 0 bridgehead atoms. The molecule has 0 aromatic heterocycles. The van der Waals surface area contributed by atoms with Crippen LogP contribution >= 0.6 is 0 Å². The van der Waals surface area contributed by atoms with E-state index < -0.39 is 0 Å². The van der Waals surface area contributed by atoms with Crippen LogP contribution in [0.3, 0.4) is 0 Å². The predicted octanol–water partition coefficient (Wildman–Crippen LogP) is 4.83. The summed E-state index contributed by atoms with van der Waals surface area (Å²) in [5.41, 5.74) is 1.19. The lowest BCUT2D eigenvalue weighted by Gasteiger charge is -1.99. The maximum absolute atomic E-state index is 10.1. The highest BCUT2D eigenvalue weighted by atomic mass is 16.1. The molecular formula is C15H26O. The summed E-state index contributed by atoms with van der Waals surface area (Å²) in [5, 5.41) is 0. The molecule has 0 radical (unpaired) electrons. The Morgan fingerprint density at radius 2 is 1.62 bits per heavy atom. The zero-order valence-corrected chi connectivity index (χ0v) is 10.9. The Morgan fingerprint density at radius 3 is 2.25 bits per heavy atom. The van der Waals surface area contributed by atoms with Crippen molar-refractivity contribution >= 4 is 6.29 Å². The summed E-state index contributed by atoms with van der Waals surface area (Å²) in [4.78, 5) is 10.1. The minimum Gasteiger partial charge on any atom is -0.299 e. The third-order valence-electron chi connectivity index (χ3n) is 2.71. The summed E-state index contributed by atoms with van der Waals surface area (Å²) in [6.45, 7) is 4.29. The lowest BCUT2D eigenvalue weighted by atomic mass is 10.1. The molecule has 0 aliphatic carbocycles. The van der Waals surface area contributed by atoms with Gasteiger partial charge in [-0.15, -0.1) is 0 Å². The SMILES string of the molecule is CCCCCCCCC/C=C(C)/C=C/C=O. The van der Waals surface area contributed by atoms with Crippen LogP contribution < -0.4 is 0 Å². The molecule has 0 atom stereocenters. The number of unbranched alkanes of at least 4 members (excludes halogenated alkanes) is 7. The van der Waals surface area contributed by atoms with Gasteiger partial charge in [0.05, 0.1) is 0 Å². The first-order valence-electron chi connectivity index (χ1n) is 6.60. The van der Waals surface area contributed by atoms with E-state index in [4.69, 9.17) is 0 Å². The van der Waals surface area contributed by atoms with Gasteiger partial charge in [0.1, 0.15) is 6.29 Å². The van der Waals surface area contributed by atoms with Crippen molar-refractivity contribution in [1.29, 1.82) is 0 Å². The molecule has 0 saturated heterocycles. The molecule has 0 aromatic rings. The van der Waals surface area contributed by atoms with Crippen molar-refractivity contribution in [3.8, 4) is 0 Å². The fourth-order valence-electron chi connectivity index (χ4n) is 1.69. The standard InChI is InChI=1S/C15H26O/c1-3-4-5-6-7-8-9-10-12-15(2)13-11-14-16/h11-14H,3-10H2,1-2H3/b13-11+,15-12+. The van der Waals surface area contributed by atoms with E-state index in [0.717, 1.165) is 12.7 Å². The number of allylic oxidation sites excluding steroid dienone is 4. The van der Waals surface area contributed by atoms with Crippen LogP contribution in [-0.4, -0.2) is 6.29 Å². The van der Waals surface area contributed by atoms with Crippen LogP contribution in [0, 0.1) is 0 Å².